The van der Waals surface area contributed by atoms with Crippen molar-refractivity contribution in [2.24, 2.45) is 0 Å². The van der Waals surface area contributed by atoms with E-state index in [-0.39, 0.29) is 23.9 Å². The Morgan fingerprint density at radius 3 is 2.62 bits per heavy atom. The van der Waals surface area contributed by atoms with Gasteiger partial charge < -0.3 is 10.4 Å². The number of amides is 1. The summed E-state index contributed by atoms with van der Waals surface area (Å²) in [5.41, 5.74) is 0.367. The quantitative estimate of drug-likeness (QED) is 0.647. The number of aliphatic hydroxyl groups is 1. The summed E-state index contributed by atoms with van der Waals surface area (Å²) in [6.07, 6.45) is 0.346. The van der Waals surface area contributed by atoms with Crippen LogP contribution in [0.1, 0.15) is 23.7 Å². The second kappa shape index (κ2) is 8.98. The number of aromatic nitrogens is 2. The van der Waals surface area contributed by atoms with Crippen molar-refractivity contribution in [2.45, 2.75) is 19.4 Å². The molecule has 0 bridgehead atoms. The van der Waals surface area contributed by atoms with Gasteiger partial charge in [0, 0.05) is 23.2 Å². The molecular weight excluding hydrogens is 397 g/mol. The summed E-state index contributed by atoms with van der Waals surface area (Å²) < 4.78 is 14.7. The van der Waals surface area contributed by atoms with Gasteiger partial charge >= 0.3 is 0 Å². The van der Waals surface area contributed by atoms with Crippen molar-refractivity contribution in [1.29, 1.82) is 0 Å². The zero-order valence-electron chi connectivity index (χ0n) is 15.6. The lowest BCUT2D eigenvalue weighted by atomic mass is 10.1. The highest BCUT2D eigenvalue weighted by Crippen LogP contribution is 2.20. The van der Waals surface area contributed by atoms with Crippen LogP contribution in [0.5, 0.6) is 0 Å². The monoisotopic (exact) mass is 415 g/mol. The van der Waals surface area contributed by atoms with Crippen molar-refractivity contribution in [1.82, 2.24) is 15.1 Å². The minimum atomic E-state index is -0.679. The van der Waals surface area contributed by atoms with Crippen molar-refractivity contribution in [3.05, 3.63) is 81.4 Å². The average Bonchev–Trinajstić information content (AvgIpc) is 2.69. The Morgan fingerprint density at radius 1 is 1.24 bits per heavy atom. The van der Waals surface area contributed by atoms with Gasteiger partial charge in [-0.2, -0.15) is 9.78 Å². The molecule has 0 aliphatic heterocycles. The van der Waals surface area contributed by atoms with Gasteiger partial charge in [-0.25, -0.2) is 4.39 Å². The van der Waals surface area contributed by atoms with Crippen LogP contribution in [0.4, 0.5) is 4.39 Å². The molecule has 2 N–H and O–H groups in total. The fourth-order valence-electron chi connectivity index (χ4n) is 2.77. The highest BCUT2D eigenvalue weighted by molar-refractivity contribution is 6.30. The second-order valence-electron chi connectivity index (χ2n) is 6.53. The van der Waals surface area contributed by atoms with Crippen molar-refractivity contribution in [3.63, 3.8) is 0 Å². The van der Waals surface area contributed by atoms with Crippen LogP contribution in [-0.4, -0.2) is 33.4 Å². The molecule has 0 radical (unpaired) electrons. The van der Waals surface area contributed by atoms with E-state index >= 15 is 0 Å². The third kappa shape index (κ3) is 4.88. The predicted molar refractivity (Wildman–Crippen MR) is 109 cm³/mol. The number of nitrogens with zero attached hydrogens (tertiary/aromatic N) is 2. The fourth-order valence-corrected chi connectivity index (χ4v) is 2.90. The molecule has 0 saturated carbocycles. The third-order valence-electron chi connectivity index (χ3n) is 4.29. The first kappa shape index (κ1) is 20.7. The van der Waals surface area contributed by atoms with Gasteiger partial charge in [-0.15, -0.1) is 0 Å². The summed E-state index contributed by atoms with van der Waals surface area (Å²) in [7, 11) is 0. The molecule has 0 saturated heterocycles. The van der Waals surface area contributed by atoms with Gasteiger partial charge in [0.25, 0.3) is 11.5 Å². The highest BCUT2D eigenvalue weighted by atomic mass is 35.5. The maximum atomic E-state index is 13.7. The lowest BCUT2D eigenvalue weighted by Gasteiger charge is -2.14. The molecule has 2 aromatic carbocycles. The number of nitrogens with one attached hydrogen (secondary N) is 1. The summed E-state index contributed by atoms with van der Waals surface area (Å²) in [5, 5.41) is 16.6. The summed E-state index contributed by atoms with van der Waals surface area (Å²) >= 11 is 5.94. The van der Waals surface area contributed by atoms with Crippen LogP contribution in [0.2, 0.25) is 5.02 Å². The average molecular weight is 416 g/mol. The first-order valence-electron chi connectivity index (χ1n) is 8.97. The number of hydrogen-bond acceptors (Lipinski definition) is 4. The maximum Gasteiger partial charge on any atom is 0.284 e. The van der Waals surface area contributed by atoms with E-state index in [1.54, 1.807) is 31.2 Å². The van der Waals surface area contributed by atoms with Crippen molar-refractivity contribution in [3.8, 4) is 16.9 Å². The number of carbonyl (C=O) groups is 1. The molecule has 0 aliphatic rings. The topological polar surface area (TPSA) is 84.2 Å². The SMILES string of the molecule is CC(CCO)NC(=O)c1cc(-c2ccc(Cl)cc2)nn(-c2cccc(F)c2)c1=O. The molecule has 1 heterocycles. The number of aliphatic hydroxyl groups excluding tert-OH is 1. The molecule has 8 heteroatoms. The standard InChI is InChI=1S/C21H19ClFN3O3/c1-13(9-10-27)24-20(28)18-12-19(14-5-7-15(22)8-6-14)25-26(21(18)29)17-4-2-3-16(23)11-17/h2-8,11-13,27H,9-10H2,1H3,(H,24,28). The van der Waals surface area contributed by atoms with Crippen molar-refractivity contribution < 1.29 is 14.3 Å². The first-order valence-corrected chi connectivity index (χ1v) is 9.35. The van der Waals surface area contributed by atoms with Crippen molar-refractivity contribution in [2.75, 3.05) is 6.61 Å². The Balaban J connectivity index is 2.15. The van der Waals surface area contributed by atoms with Crippen LogP contribution in [0.15, 0.2) is 59.4 Å². The number of halogens is 2. The molecule has 1 unspecified atom stereocenters. The normalized spacial score (nSPS) is 11.9. The van der Waals surface area contributed by atoms with Crippen LogP contribution in [0.25, 0.3) is 16.9 Å². The van der Waals surface area contributed by atoms with E-state index in [0.717, 1.165) is 10.7 Å². The van der Waals surface area contributed by atoms with Gasteiger partial charge in [0.15, 0.2) is 0 Å². The molecule has 3 aromatic rings. The zero-order chi connectivity index (χ0) is 21.0. The Bertz CT molecular complexity index is 1080. The Hall–Kier alpha value is -3.03. The van der Waals surface area contributed by atoms with E-state index in [1.165, 1.54) is 24.3 Å². The zero-order valence-corrected chi connectivity index (χ0v) is 16.4. The molecule has 0 aliphatic carbocycles. The van der Waals surface area contributed by atoms with E-state index in [4.69, 9.17) is 16.7 Å². The number of carbonyl (C=O) groups excluding carboxylic acids is 1. The van der Waals surface area contributed by atoms with Gasteiger partial charge in [-0.1, -0.05) is 29.8 Å². The second-order valence-corrected chi connectivity index (χ2v) is 6.97. The fraction of sp³-hybridized carbons (Fsp3) is 0.190. The summed E-state index contributed by atoms with van der Waals surface area (Å²) in [4.78, 5) is 25.7. The van der Waals surface area contributed by atoms with Crippen molar-refractivity contribution >= 4 is 17.5 Å². The van der Waals surface area contributed by atoms with Crippen LogP contribution >= 0.6 is 11.6 Å². The van der Waals surface area contributed by atoms with Gasteiger partial charge in [-0.3, -0.25) is 9.59 Å². The Kier molecular flexibility index (Phi) is 6.41. The molecule has 29 heavy (non-hydrogen) atoms. The molecular formula is C21H19ClFN3O3. The molecule has 1 atom stereocenters. The number of hydrogen-bond donors (Lipinski definition) is 2. The summed E-state index contributed by atoms with van der Waals surface area (Å²) in [6.45, 7) is 1.63. The van der Waals surface area contributed by atoms with Gasteiger partial charge in [0.05, 0.1) is 11.4 Å². The smallest absolute Gasteiger partial charge is 0.284 e. The molecule has 1 aromatic heterocycles. The molecule has 1 amide bonds. The van der Waals surface area contributed by atoms with E-state index in [2.05, 4.69) is 10.4 Å². The van der Waals surface area contributed by atoms with Gasteiger partial charge in [0.1, 0.15) is 11.4 Å². The molecule has 6 nitrogen and oxygen atoms in total. The van der Waals surface area contributed by atoms with E-state index in [1.807, 2.05) is 0 Å². The maximum absolute atomic E-state index is 13.7. The predicted octanol–water partition coefficient (Wildman–Crippen LogP) is 3.19. The van der Waals surface area contributed by atoms with Gasteiger partial charge in [-0.05, 0) is 49.7 Å². The minimum absolute atomic E-state index is 0.0959. The molecule has 0 fully saturated rings. The summed E-state index contributed by atoms with van der Waals surface area (Å²) in [5.74, 6) is -1.13. The highest BCUT2D eigenvalue weighted by Gasteiger charge is 2.19. The lowest BCUT2D eigenvalue weighted by Crippen LogP contribution is -2.38. The first-order chi connectivity index (χ1) is 13.9. The number of benzene rings is 2. The van der Waals surface area contributed by atoms with Gasteiger partial charge in [0.2, 0.25) is 0 Å². The summed E-state index contributed by atoms with van der Waals surface area (Å²) in [6, 6.07) is 13.2. The van der Waals surface area contributed by atoms with E-state index in [0.29, 0.717) is 22.7 Å². The minimum Gasteiger partial charge on any atom is -0.396 e. The number of rotatable bonds is 6. The largest absolute Gasteiger partial charge is 0.396 e. The Morgan fingerprint density at radius 2 is 1.97 bits per heavy atom. The molecule has 150 valence electrons. The van der Waals surface area contributed by atoms with Crippen LogP contribution in [-0.2, 0) is 0 Å². The van der Waals surface area contributed by atoms with E-state index in [9.17, 15) is 14.0 Å². The van der Waals surface area contributed by atoms with Crippen LogP contribution in [0, 0.1) is 5.82 Å². The lowest BCUT2D eigenvalue weighted by molar-refractivity contribution is 0.0932. The third-order valence-corrected chi connectivity index (χ3v) is 4.54. The molecule has 3 rings (SSSR count). The van der Waals surface area contributed by atoms with E-state index < -0.39 is 17.3 Å². The Labute approximate surface area is 171 Å². The van der Waals surface area contributed by atoms with Crippen LogP contribution < -0.4 is 10.9 Å². The molecule has 0 spiro atoms. The van der Waals surface area contributed by atoms with Crippen LogP contribution in [0.3, 0.4) is 0 Å².